The van der Waals surface area contributed by atoms with E-state index in [1.165, 1.54) is 11.1 Å². The quantitative estimate of drug-likeness (QED) is 0.231. The van der Waals surface area contributed by atoms with E-state index >= 15 is 0 Å². The van der Waals surface area contributed by atoms with Gasteiger partial charge in [-0.25, -0.2) is 0 Å². The summed E-state index contributed by atoms with van der Waals surface area (Å²) in [6.07, 6.45) is 0. The van der Waals surface area contributed by atoms with E-state index in [1.807, 2.05) is 12.1 Å². The van der Waals surface area contributed by atoms with Crippen molar-refractivity contribution in [2.24, 2.45) is 4.99 Å². The van der Waals surface area contributed by atoms with Gasteiger partial charge in [-0.2, -0.15) is 0 Å². The second-order valence-corrected chi connectivity index (χ2v) is 8.12. The number of hydrogen-bond acceptors (Lipinski definition) is 3. The number of nitrogens with one attached hydrogen (secondary N) is 3. The summed E-state index contributed by atoms with van der Waals surface area (Å²) in [5.41, 5.74) is 4.78. The van der Waals surface area contributed by atoms with Gasteiger partial charge in [0.15, 0.2) is 5.96 Å². The number of hydrogen-bond donors (Lipinski definition) is 3. The average molecular weight is 569 g/mol. The van der Waals surface area contributed by atoms with Crippen molar-refractivity contribution in [3.8, 4) is 0 Å². The van der Waals surface area contributed by atoms with Gasteiger partial charge in [0.05, 0.1) is 6.54 Å². The third-order valence-corrected chi connectivity index (χ3v) is 5.90. The van der Waals surface area contributed by atoms with Gasteiger partial charge >= 0.3 is 0 Å². The fraction of sp³-hybridized carbons (Fsp3) is 0.259. The summed E-state index contributed by atoms with van der Waals surface area (Å²) in [5, 5.41) is 9.76. The van der Waals surface area contributed by atoms with E-state index in [1.54, 1.807) is 7.05 Å². The van der Waals surface area contributed by atoms with E-state index in [9.17, 15) is 4.79 Å². The van der Waals surface area contributed by atoms with Crippen molar-refractivity contribution >= 4 is 41.5 Å². The number of carbonyl (C=O) groups excluding carboxylic acids is 1. The highest BCUT2D eigenvalue weighted by atomic mass is 127. The SMILES string of the molecule is CN=C(NCc1ccc(N2CCNC(=O)C2)cc1)NCC(c1ccccc1)c1ccccc1.I. The Kier molecular flexibility index (Phi) is 9.75. The molecule has 0 spiro atoms. The molecule has 3 aromatic carbocycles. The van der Waals surface area contributed by atoms with Crippen LogP contribution in [0.5, 0.6) is 0 Å². The summed E-state index contributed by atoms with van der Waals surface area (Å²) in [6, 6.07) is 29.4. The van der Waals surface area contributed by atoms with Gasteiger partial charge in [-0.1, -0.05) is 72.8 Å². The van der Waals surface area contributed by atoms with E-state index in [0.717, 1.165) is 30.3 Å². The Balaban J connectivity index is 0.00000324. The molecule has 0 aliphatic carbocycles. The first-order valence-corrected chi connectivity index (χ1v) is 11.4. The number of benzene rings is 3. The maximum Gasteiger partial charge on any atom is 0.239 e. The highest BCUT2D eigenvalue weighted by Crippen LogP contribution is 2.23. The van der Waals surface area contributed by atoms with Crippen molar-refractivity contribution < 1.29 is 4.79 Å². The van der Waals surface area contributed by atoms with Crippen LogP contribution in [0.25, 0.3) is 0 Å². The number of rotatable bonds is 7. The first-order chi connectivity index (χ1) is 16.2. The van der Waals surface area contributed by atoms with E-state index in [2.05, 4.69) is 98.6 Å². The van der Waals surface area contributed by atoms with Gasteiger partial charge in [0.25, 0.3) is 0 Å². The van der Waals surface area contributed by atoms with Crippen LogP contribution >= 0.6 is 24.0 Å². The Morgan fingerprint density at radius 3 is 2.12 bits per heavy atom. The first-order valence-electron chi connectivity index (χ1n) is 11.4. The maximum absolute atomic E-state index is 11.6. The van der Waals surface area contributed by atoms with Crippen LogP contribution in [0.1, 0.15) is 22.6 Å². The van der Waals surface area contributed by atoms with Crippen molar-refractivity contribution in [3.63, 3.8) is 0 Å². The second-order valence-electron chi connectivity index (χ2n) is 8.12. The molecular weight excluding hydrogens is 537 g/mol. The molecular formula is C27H32IN5O. The van der Waals surface area contributed by atoms with Gasteiger partial charge in [0.1, 0.15) is 0 Å². The predicted molar refractivity (Wildman–Crippen MR) is 150 cm³/mol. The molecule has 1 amide bonds. The fourth-order valence-electron chi connectivity index (χ4n) is 4.09. The lowest BCUT2D eigenvalue weighted by molar-refractivity contribution is -0.120. The lowest BCUT2D eigenvalue weighted by atomic mass is 9.91. The van der Waals surface area contributed by atoms with Gasteiger partial charge in [-0.15, -0.1) is 24.0 Å². The number of nitrogens with zero attached hydrogens (tertiary/aromatic N) is 2. The first kappa shape index (κ1) is 25.6. The minimum absolute atomic E-state index is 0. The zero-order chi connectivity index (χ0) is 22.9. The summed E-state index contributed by atoms with van der Waals surface area (Å²) < 4.78 is 0. The molecule has 1 fully saturated rings. The second kappa shape index (κ2) is 13.0. The van der Waals surface area contributed by atoms with Crippen molar-refractivity contribution in [3.05, 3.63) is 102 Å². The van der Waals surface area contributed by atoms with Gasteiger partial charge in [-0.3, -0.25) is 9.79 Å². The minimum Gasteiger partial charge on any atom is -0.360 e. The molecule has 0 radical (unpaired) electrons. The van der Waals surface area contributed by atoms with E-state index in [4.69, 9.17) is 0 Å². The van der Waals surface area contributed by atoms with Crippen LogP contribution in [0, 0.1) is 0 Å². The Labute approximate surface area is 218 Å². The molecule has 1 saturated heterocycles. The molecule has 3 N–H and O–H groups in total. The summed E-state index contributed by atoms with van der Waals surface area (Å²) in [7, 11) is 1.79. The highest BCUT2D eigenvalue weighted by molar-refractivity contribution is 14.0. The molecule has 7 heteroatoms. The van der Waals surface area contributed by atoms with Crippen molar-refractivity contribution in [2.75, 3.05) is 38.1 Å². The zero-order valence-electron chi connectivity index (χ0n) is 19.4. The molecule has 178 valence electrons. The van der Waals surface area contributed by atoms with Crippen LogP contribution in [-0.4, -0.2) is 45.1 Å². The molecule has 1 aliphatic heterocycles. The molecule has 0 saturated carbocycles. The summed E-state index contributed by atoms with van der Waals surface area (Å²) in [4.78, 5) is 18.1. The number of carbonyl (C=O) groups is 1. The van der Waals surface area contributed by atoms with E-state index < -0.39 is 0 Å². The van der Waals surface area contributed by atoms with Gasteiger partial charge < -0.3 is 20.9 Å². The smallest absolute Gasteiger partial charge is 0.239 e. The molecule has 0 unspecified atom stereocenters. The Bertz CT molecular complexity index is 1020. The Morgan fingerprint density at radius 2 is 1.56 bits per heavy atom. The molecule has 0 atom stereocenters. The number of aliphatic imine (C=N–C) groups is 1. The summed E-state index contributed by atoms with van der Waals surface area (Å²) in [6.45, 7) is 3.35. The standard InChI is InChI=1S/C27H31N5O.HI/c1-28-27(30-18-21-12-14-24(15-13-21)32-17-16-29-26(33)20-32)31-19-25(22-8-4-2-5-9-22)23-10-6-3-7-11-23;/h2-15,25H,16-20H2,1H3,(H,29,33)(H2,28,30,31);1H. The third-order valence-electron chi connectivity index (χ3n) is 5.90. The third kappa shape index (κ3) is 6.96. The fourth-order valence-corrected chi connectivity index (χ4v) is 4.09. The maximum atomic E-state index is 11.6. The monoisotopic (exact) mass is 569 g/mol. The van der Waals surface area contributed by atoms with Gasteiger partial charge in [0.2, 0.25) is 5.91 Å². The number of amides is 1. The topological polar surface area (TPSA) is 68.8 Å². The average Bonchev–Trinajstić information content (AvgIpc) is 2.87. The molecule has 3 aromatic rings. The molecule has 0 aromatic heterocycles. The number of guanidine groups is 1. The largest absolute Gasteiger partial charge is 0.360 e. The molecule has 1 aliphatic rings. The molecule has 4 rings (SSSR count). The summed E-state index contributed by atoms with van der Waals surface area (Å²) in [5.74, 6) is 1.07. The predicted octanol–water partition coefficient (Wildman–Crippen LogP) is 3.74. The van der Waals surface area contributed by atoms with Crippen LogP contribution in [-0.2, 0) is 11.3 Å². The lowest BCUT2D eigenvalue weighted by Crippen LogP contribution is -2.47. The Hall–Kier alpha value is -3.07. The molecule has 6 nitrogen and oxygen atoms in total. The zero-order valence-corrected chi connectivity index (χ0v) is 21.7. The Morgan fingerprint density at radius 1 is 0.941 bits per heavy atom. The number of anilines is 1. The van der Waals surface area contributed by atoms with Crippen LogP contribution in [0.4, 0.5) is 5.69 Å². The van der Waals surface area contributed by atoms with E-state index in [0.29, 0.717) is 19.6 Å². The van der Waals surface area contributed by atoms with E-state index in [-0.39, 0.29) is 35.8 Å². The highest BCUT2D eigenvalue weighted by Gasteiger charge is 2.16. The van der Waals surface area contributed by atoms with Gasteiger partial charge in [-0.05, 0) is 28.8 Å². The van der Waals surface area contributed by atoms with Gasteiger partial charge in [0, 0.05) is 44.8 Å². The lowest BCUT2D eigenvalue weighted by Gasteiger charge is -2.28. The number of piperazine rings is 1. The summed E-state index contributed by atoms with van der Waals surface area (Å²) >= 11 is 0. The molecule has 0 bridgehead atoms. The van der Waals surface area contributed by atoms with Crippen molar-refractivity contribution in [2.45, 2.75) is 12.5 Å². The van der Waals surface area contributed by atoms with Crippen molar-refractivity contribution in [1.29, 1.82) is 0 Å². The molecule has 34 heavy (non-hydrogen) atoms. The number of halogens is 1. The van der Waals surface area contributed by atoms with Crippen LogP contribution in [0.15, 0.2) is 89.9 Å². The normalized spacial score (nSPS) is 13.8. The van der Waals surface area contributed by atoms with Crippen LogP contribution in [0.3, 0.4) is 0 Å². The van der Waals surface area contributed by atoms with Crippen LogP contribution in [0.2, 0.25) is 0 Å². The van der Waals surface area contributed by atoms with Crippen LogP contribution < -0.4 is 20.9 Å². The minimum atomic E-state index is 0. The van der Waals surface area contributed by atoms with Crippen molar-refractivity contribution in [1.82, 2.24) is 16.0 Å². The molecule has 1 heterocycles.